The minimum absolute atomic E-state index is 0.186. The number of rotatable bonds is 46. The van der Waals surface area contributed by atoms with Crippen molar-refractivity contribution >= 4 is 5.91 Å². The molecule has 1 aliphatic rings. The van der Waals surface area contributed by atoms with Gasteiger partial charge in [0.2, 0.25) is 5.91 Å². The van der Waals surface area contributed by atoms with E-state index in [1.54, 1.807) is 6.08 Å². The highest BCUT2D eigenvalue weighted by molar-refractivity contribution is 5.76. The first-order valence-corrected chi connectivity index (χ1v) is 27.2. The van der Waals surface area contributed by atoms with E-state index in [0.29, 0.717) is 6.42 Å². The molecule has 0 spiro atoms. The van der Waals surface area contributed by atoms with Gasteiger partial charge in [0, 0.05) is 6.42 Å². The van der Waals surface area contributed by atoms with Crippen LogP contribution in [0.2, 0.25) is 0 Å². The van der Waals surface area contributed by atoms with Gasteiger partial charge in [-0.3, -0.25) is 4.79 Å². The molecule has 1 saturated heterocycles. The number of hydrogen-bond acceptors (Lipinski definition) is 8. The smallest absolute Gasteiger partial charge is 0.220 e. The lowest BCUT2D eigenvalue weighted by Gasteiger charge is -2.40. The molecule has 1 heterocycles. The normalized spacial score (nSPS) is 20.3. The van der Waals surface area contributed by atoms with Crippen molar-refractivity contribution in [3.8, 4) is 0 Å². The Kier molecular flexibility index (Phi) is 42.7. The van der Waals surface area contributed by atoms with Gasteiger partial charge >= 0.3 is 0 Å². The highest BCUT2D eigenvalue weighted by Gasteiger charge is 2.44. The minimum Gasteiger partial charge on any atom is -0.394 e. The first-order valence-electron chi connectivity index (χ1n) is 27.2. The van der Waals surface area contributed by atoms with Crippen LogP contribution in [-0.4, -0.2) is 87.5 Å². The van der Waals surface area contributed by atoms with E-state index in [4.69, 9.17) is 9.47 Å². The molecule has 9 nitrogen and oxygen atoms in total. The van der Waals surface area contributed by atoms with Gasteiger partial charge in [-0.2, -0.15) is 0 Å². The summed E-state index contributed by atoms with van der Waals surface area (Å²) in [7, 11) is 0. The summed E-state index contributed by atoms with van der Waals surface area (Å²) in [6.07, 6.45) is 50.8. The minimum atomic E-state index is -1.57. The van der Waals surface area contributed by atoms with Crippen molar-refractivity contribution in [2.45, 2.75) is 294 Å². The summed E-state index contributed by atoms with van der Waals surface area (Å²) in [5.74, 6) is -0.186. The van der Waals surface area contributed by atoms with Crippen molar-refractivity contribution < 1.29 is 39.8 Å². The molecule has 1 rings (SSSR count). The fraction of sp³-hybridized carbons (Fsp3) is 0.873. The molecule has 64 heavy (non-hydrogen) atoms. The third-order valence-corrected chi connectivity index (χ3v) is 12.9. The molecule has 7 atom stereocenters. The lowest BCUT2D eigenvalue weighted by Crippen LogP contribution is -2.60. The van der Waals surface area contributed by atoms with E-state index in [2.05, 4.69) is 43.5 Å². The van der Waals surface area contributed by atoms with E-state index in [9.17, 15) is 30.3 Å². The number of ether oxygens (including phenoxy) is 2. The van der Waals surface area contributed by atoms with Gasteiger partial charge < -0.3 is 40.3 Å². The zero-order chi connectivity index (χ0) is 46.6. The summed E-state index contributed by atoms with van der Waals surface area (Å²) in [6, 6.07) is -0.819. The number of aliphatic hydroxyl groups is 5. The van der Waals surface area contributed by atoms with Crippen LogP contribution in [0.4, 0.5) is 0 Å². The van der Waals surface area contributed by atoms with Crippen molar-refractivity contribution in [2.24, 2.45) is 0 Å². The fourth-order valence-corrected chi connectivity index (χ4v) is 8.58. The predicted molar refractivity (Wildman–Crippen MR) is 267 cm³/mol. The molecular weight excluding hydrogens is 803 g/mol. The second-order valence-corrected chi connectivity index (χ2v) is 19.0. The Hall–Kier alpha value is -1.59. The Balaban J connectivity index is 2.16. The van der Waals surface area contributed by atoms with Crippen LogP contribution < -0.4 is 5.32 Å². The van der Waals surface area contributed by atoms with Crippen LogP contribution in [0.15, 0.2) is 36.5 Å². The SMILES string of the molecule is CCCCCCCC/C=C/CC/C=C/C(O)C(COC1OC(CO)C(O)C(O)C1O)NC(=O)CCCCCCCCCCCCCCC/C=C\CCCCCCCCCCCCCC. The first-order chi connectivity index (χ1) is 31.3. The maximum absolute atomic E-state index is 13.0. The summed E-state index contributed by atoms with van der Waals surface area (Å²) in [5, 5.41) is 54.2. The maximum atomic E-state index is 13.0. The van der Waals surface area contributed by atoms with Crippen LogP contribution in [0.3, 0.4) is 0 Å². The molecule has 9 heteroatoms. The number of carbonyl (C=O) groups excluding carboxylic acids is 1. The summed E-state index contributed by atoms with van der Waals surface area (Å²) in [6.45, 7) is 3.75. The zero-order valence-electron chi connectivity index (χ0n) is 41.5. The van der Waals surface area contributed by atoms with Gasteiger partial charge in [0.15, 0.2) is 6.29 Å². The number of aliphatic hydroxyl groups excluding tert-OH is 5. The van der Waals surface area contributed by atoms with Crippen molar-refractivity contribution in [3.63, 3.8) is 0 Å². The van der Waals surface area contributed by atoms with Crippen LogP contribution in [0.1, 0.15) is 251 Å². The van der Waals surface area contributed by atoms with E-state index < -0.39 is 49.5 Å². The molecule has 1 fully saturated rings. The number of allylic oxidation sites excluding steroid dienone is 5. The fourth-order valence-electron chi connectivity index (χ4n) is 8.58. The molecule has 0 aromatic rings. The number of hydrogen-bond donors (Lipinski definition) is 6. The molecule has 1 aliphatic heterocycles. The molecule has 0 saturated carbocycles. The zero-order valence-corrected chi connectivity index (χ0v) is 41.5. The number of carbonyl (C=O) groups is 1. The van der Waals surface area contributed by atoms with Crippen molar-refractivity contribution in [3.05, 3.63) is 36.5 Å². The summed E-state index contributed by atoms with van der Waals surface area (Å²) in [4.78, 5) is 13.0. The molecule has 376 valence electrons. The van der Waals surface area contributed by atoms with Gasteiger partial charge in [0.05, 0.1) is 25.4 Å². The van der Waals surface area contributed by atoms with Crippen LogP contribution in [0, 0.1) is 0 Å². The quantitative estimate of drug-likeness (QED) is 0.0261. The largest absolute Gasteiger partial charge is 0.394 e. The van der Waals surface area contributed by atoms with E-state index in [0.717, 1.165) is 38.5 Å². The standard InChI is InChI=1S/C55H103NO8/c1-3-5-7-9-11-13-15-17-18-19-20-21-22-23-24-25-26-27-28-29-30-31-32-33-35-37-39-41-43-45-51(59)56-48(47-63-55-54(62)53(61)52(60)50(46-57)64-55)49(58)44-42-40-38-36-34-16-14-12-10-8-6-4-2/h23-24,34,36,42,44,48-50,52-55,57-58,60-62H,3-22,25-33,35,37-41,43,45-47H2,1-2H3,(H,56,59)/b24-23-,36-34+,44-42+. The molecule has 0 radical (unpaired) electrons. The molecule has 6 N–H and O–H groups in total. The van der Waals surface area contributed by atoms with Gasteiger partial charge in [-0.05, 0) is 57.8 Å². The van der Waals surface area contributed by atoms with Gasteiger partial charge in [0.1, 0.15) is 24.4 Å². The molecular formula is C55H103NO8. The molecule has 0 aliphatic carbocycles. The Morgan fingerprint density at radius 2 is 0.891 bits per heavy atom. The van der Waals surface area contributed by atoms with E-state index in [-0.39, 0.29) is 12.5 Å². The highest BCUT2D eigenvalue weighted by atomic mass is 16.7. The Morgan fingerprint density at radius 3 is 1.31 bits per heavy atom. The Bertz CT molecular complexity index is 1100. The van der Waals surface area contributed by atoms with Crippen LogP contribution in [-0.2, 0) is 14.3 Å². The number of amides is 1. The average molecular weight is 906 g/mol. The van der Waals surface area contributed by atoms with Gasteiger partial charge in [0.25, 0.3) is 0 Å². The second-order valence-electron chi connectivity index (χ2n) is 19.0. The Labute approximate surface area is 393 Å². The molecule has 0 aromatic carbocycles. The maximum Gasteiger partial charge on any atom is 0.220 e. The first kappa shape index (κ1) is 60.4. The highest BCUT2D eigenvalue weighted by Crippen LogP contribution is 2.23. The second kappa shape index (κ2) is 45.2. The third kappa shape index (κ3) is 34.7. The average Bonchev–Trinajstić information content (AvgIpc) is 3.29. The van der Waals surface area contributed by atoms with E-state index in [1.807, 2.05) is 6.08 Å². The molecule has 0 aromatic heterocycles. The number of nitrogens with one attached hydrogen (secondary N) is 1. The Morgan fingerprint density at radius 1 is 0.516 bits per heavy atom. The summed E-state index contributed by atoms with van der Waals surface area (Å²) in [5.41, 5.74) is 0. The van der Waals surface area contributed by atoms with Crippen LogP contribution in [0.5, 0.6) is 0 Å². The summed E-state index contributed by atoms with van der Waals surface area (Å²) >= 11 is 0. The van der Waals surface area contributed by atoms with Crippen molar-refractivity contribution in [1.29, 1.82) is 0 Å². The molecule has 0 bridgehead atoms. The number of unbranched alkanes of at least 4 members (excludes halogenated alkanes) is 32. The lowest BCUT2D eigenvalue weighted by atomic mass is 9.99. The topological polar surface area (TPSA) is 149 Å². The van der Waals surface area contributed by atoms with Crippen LogP contribution >= 0.6 is 0 Å². The molecule has 1 amide bonds. The van der Waals surface area contributed by atoms with Crippen molar-refractivity contribution in [1.82, 2.24) is 5.32 Å². The van der Waals surface area contributed by atoms with Gasteiger partial charge in [-0.25, -0.2) is 0 Å². The van der Waals surface area contributed by atoms with Crippen LogP contribution in [0.25, 0.3) is 0 Å². The van der Waals surface area contributed by atoms with Gasteiger partial charge in [-0.15, -0.1) is 0 Å². The third-order valence-electron chi connectivity index (χ3n) is 12.9. The van der Waals surface area contributed by atoms with E-state index >= 15 is 0 Å². The van der Waals surface area contributed by atoms with Crippen molar-refractivity contribution in [2.75, 3.05) is 13.2 Å². The monoisotopic (exact) mass is 906 g/mol. The molecule has 7 unspecified atom stereocenters. The van der Waals surface area contributed by atoms with E-state index in [1.165, 1.54) is 193 Å². The predicted octanol–water partition coefficient (Wildman–Crippen LogP) is 12.8. The summed E-state index contributed by atoms with van der Waals surface area (Å²) < 4.78 is 11.2. The van der Waals surface area contributed by atoms with Gasteiger partial charge in [-0.1, -0.05) is 224 Å². The lowest BCUT2D eigenvalue weighted by molar-refractivity contribution is -0.302.